The molecule has 0 fully saturated rings. The number of hydrogen-bond donors (Lipinski definition) is 3. The molecule has 0 spiro atoms. The van der Waals surface area contributed by atoms with Crippen molar-refractivity contribution in [2.24, 2.45) is 5.73 Å². The van der Waals surface area contributed by atoms with E-state index in [2.05, 4.69) is 5.32 Å². The van der Waals surface area contributed by atoms with Crippen molar-refractivity contribution in [3.8, 4) is 0 Å². The first-order valence-corrected chi connectivity index (χ1v) is 6.26. The van der Waals surface area contributed by atoms with E-state index in [1.807, 2.05) is 0 Å². The van der Waals surface area contributed by atoms with Crippen molar-refractivity contribution in [1.82, 2.24) is 0 Å². The van der Waals surface area contributed by atoms with Crippen molar-refractivity contribution in [2.75, 3.05) is 16.8 Å². The predicted molar refractivity (Wildman–Crippen MR) is 68.0 cm³/mol. The molecule has 4 N–H and O–H groups in total. The maximum Gasteiger partial charge on any atom is 0.321 e. The maximum atomic E-state index is 13.2. The largest absolute Gasteiger partial charge is 0.480 e. The third-order valence-corrected chi connectivity index (χ3v) is 3.06. The lowest BCUT2D eigenvalue weighted by molar-refractivity contribution is -0.137. The van der Waals surface area contributed by atoms with Crippen molar-refractivity contribution < 1.29 is 19.1 Å². The van der Waals surface area contributed by atoms with Crippen molar-refractivity contribution in [2.45, 2.75) is 6.04 Å². The van der Waals surface area contributed by atoms with E-state index in [-0.39, 0.29) is 17.2 Å². The number of thioether (sulfide) groups is 1. The average Bonchev–Trinajstić information content (AvgIpc) is 2.32. The summed E-state index contributed by atoms with van der Waals surface area (Å²) in [6.07, 6.45) is 0. The highest BCUT2D eigenvalue weighted by atomic mass is 32.2. The van der Waals surface area contributed by atoms with E-state index in [1.165, 1.54) is 18.2 Å². The molecule has 5 nitrogen and oxygen atoms in total. The van der Waals surface area contributed by atoms with Gasteiger partial charge in [0, 0.05) is 5.75 Å². The number of aliphatic carboxylic acids is 1. The molecule has 98 valence electrons. The highest BCUT2D eigenvalue weighted by Gasteiger charge is 2.12. The van der Waals surface area contributed by atoms with Crippen LogP contribution >= 0.6 is 11.8 Å². The Balaban J connectivity index is 2.35. The molecule has 18 heavy (non-hydrogen) atoms. The minimum atomic E-state index is -1.11. The Morgan fingerprint density at radius 3 is 2.72 bits per heavy atom. The number of rotatable bonds is 6. The summed E-state index contributed by atoms with van der Waals surface area (Å²) in [5.74, 6) is -1.88. The molecule has 1 atom stereocenters. The van der Waals surface area contributed by atoms with E-state index in [0.29, 0.717) is 0 Å². The third-order valence-electron chi connectivity index (χ3n) is 2.00. The highest BCUT2D eigenvalue weighted by Crippen LogP contribution is 2.13. The van der Waals surface area contributed by atoms with Gasteiger partial charge in [0.05, 0.1) is 11.4 Å². The van der Waals surface area contributed by atoms with Gasteiger partial charge in [-0.05, 0) is 12.1 Å². The minimum absolute atomic E-state index is 0.0231. The molecular formula is C11H13FN2O3S. The Morgan fingerprint density at radius 1 is 1.44 bits per heavy atom. The van der Waals surface area contributed by atoms with Crippen molar-refractivity contribution in [3.63, 3.8) is 0 Å². The minimum Gasteiger partial charge on any atom is -0.480 e. The van der Waals surface area contributed by atoms with Crippen LogP contribution in [0.5, 0.6) is 0 Å². The first-order chi connectivity index (χ1) is 8.50. The molecule has 0 saturated heterocycles. The predicted octanol–water partition coefficient (Wildman–Crippen LogP) is 0.909. The fourth-order valence-corrected chi connectivity index (χ4v) is 1.87. The number of carboxylic acids is 1. The molecule has 0 radical (unpaired) electrons. The molecule has 0 unspecified atom stereocenters. The number of halogens is 1. The van der Waals surface area contributed by atoms with E-state index in [9.17, 15) is 14.0 Å². The van der Waals surface area contributed by atoms with Gasteiger partial charge in [0.1, 0.15) is 11.9 Å². The molecule has 0 aliphatic carbocycles. The van der Waals surface area contributed by atoms with Crippen LogP contribution in [-0.4, -0.2) is 34.5 Å². The van der Waals surface area contributed by atoms with Gasteiger partial charge in [0.2, 0.25) is 5.91 Å². The number of benzene rings is 1. The Bertz CT molecular complexity index is 442. The highest BCUT2D eigenvalue weighted by molar-refractivity contribution is 8.00. The van der Waals surface area contributed by atoms with Crippen molar-refractivity contribution in [3.05, 3.63) is 30.1 Å². The Morgan fingerprint density at radius 2 is 2.11 bits per heavy atom. The first kappa shape index (κ1) is 14.5. The molecule has 1 aromatic carbocycles. The number of nitrogens with two attached hydrogens (primary N) is 1. The molecule has 0 aliphatic heterocycles. The van der Waals surface area contributed by atoms with Gasteiger partial charge in [0.25, 0.3) is 0 Å². The fourth-order valence-electron chi connectivity index (χ4n) is 1.10. The van der Waals surface area contributed by atoms with Crippen molar-refractivity contribution >= 4 is 29.3 Å². The number of carbonyl (C=O) groups is 2. The van der Waals surface area contributed by atoms with E-state index >= 15 is 0 Å². The van der Waals surface area contributed by atoms with Gasteiger partial charge in [-0.25, -0.2) is 4.39 Å². The number of amides is 1. The average molecular weight is 272 g/mol. The molecule has 7 heteroatoms. The smallest absolute Gasteiger partial charge is 0.321 e. The zero-order chi connectivity index (χ0) is 13.5. The van der Waals surface area contributed by atoms with Crippen LogP contribution in [0.3, 0.4) is 0 Å². The lowest BCUT2D eigenvalue weighted by atomic mass is 10.3. The molecule has 0 aromatic heterocycles. The molecule has 1 aromatic rings. The molecule has 0 bridgehead atoms. The van der Waals surface area contributed by atoms with Gasteiger partial charge in [-0.3, -0.25) is 9.59 Å². The Kier molecular flexibility index (Phi) is 5.60. The molecule has 1 amide bonds. The van der Waals surface area contributed by atoms with E-state index in [0.717, 1.165) is 11.8 Å². The number of carboxylic acid groups (broad SMARTS) is 1. The van der Waals surface area contributed by atoms with E-state index in [4.69, 9.17) is 10.8 Å². The number of carbonyl (C=O) groups excluding carboxylic acids is 1. The second-order valence-electron chi connectivity index (χ2n) is 3.49. The summed E-state index contributed by atoms with van der Waals surface area (Å²) in [7, 11) is 0. The zero-order valence-electron chi connectivity index (χ0n) is 9.43. The Hall–Kier alpha value is -1.60. The molecular weight excluding hydrogens is 259 g/mol. The van der Waals surface area contributed by atoms with Crippen LogP contribution in [-0.2, 0) is 9.59 Å². The van der Waals surface area contributed by atoms with Crippen LogP contribution < -0.4 is 11.1 Å². The second-order valence-corrected chi connectivity index (χ2v) is 4.52. The van der Waals surface area contributed by atoms with Crippen LogP contribution in [0.1, 0.15) is 0 Å². The van der Waals surface area contributed by atoms with Gasteiger partial charge in [-0.15, -0.1) is 11.8 Å². The number of nitrogens with one attached hydrogen (secondary N) is 1. The van der Waals surface area contributed by atoms with E-state index < -0.39 is 23.7 Å². The normalized spacial score (nSPS) is 11.9. The fraction of sp³-hybridized carbons (Fsp3) is 0.273. The zero-order valence-corrected chi connectivity index (χ0v) is 10.2. The van der Waals surface area contributed by atoms with E-state index in [1.54, 1.807) is 6.07 Å². The number of hydrogen-bond acceptors (Lipinski definition) is 4. The summed E-state index contributed by atoms with van der Waals surface area (Å²) in [4.78, 5) is 21.9. The standard InChI is InChI=1S/C11H13FN2O3S/c12-7-3-1-2-4-9(7)14-10(15)6-18-5-8(13)11(16)17/h1-4,8H,5-6,13H2,(H,14,15)(H,16,17)/t8-/m1/s1. The first-order valence-electron chi connectivity index (χ1n) is 5.11. The van der Waals surface area contributed by atoms with Crippen LogP contribution in [0.15, 0.2) is 24.3 Å². The summed E-state index contributed by atoms with van der Waals surface area (Å²) in [5, 5.41) is 10.9. The summed E-state index contributed by atoms with van der Waals surface area (Å²) >= 11 is 1.08. The summed E-state index contributed by atoms with van der Waals surface area (Å²) < 4.78 is 13.2. The SMILES string of the molecule is N[C@H](CSCC(=O)Nc1ccccc1F)C(=O)O. The molecule has 0 aliphatic rings. The van der Waals surface area contributed by atoms with Crippen LogP contribution in [0.4, 0.5) is 10.1 Å². The topological polar surface area (TPSA) is 92.4 Å². The van der Waals surface area contributed by atoms with Gasteiger partial charge in [-0.1, -0.05) is 12.1 Å². The van der Waals surface area contributed by atoms with Gasteiger partial charge in [0.15, 0.2) is 0 Å². The number of anilines is 1. The molecule has 0 heterocycles. The van der Waals surface area contributed by atoms with Gasteiger partial charge in [-0.2, -0.15) is 0 Å². The summed E-state index contributed by atoms with van der Waals surface area (Å²) in [6, 6.07) is 4.80. The quantitative estimate of drug-likeness (QED) is 0.716. The van der Waals surface area contributed by atoms with Gasteiger partial charge < -0.3 is 16.2 Å². The van der Waals surface area contributed by atoms with Crippen molar-refractivity contribution in [1.29, 1.82) is 0 Å². The molecule has 1 rings (SSSR count). The molecule has 0 saturated carbocycles. The van der Waals surface area contributed by atoms with Crippen LogP contribution in [0, 0.1) is 5.82 Å². The lowest BCUT2D eigenvalue weighted by Gasteiger charge is -2.07. The maximum absolute atomic E-state index is 13.2. The van der Waals surface area contributed by atoms with Crippen LogP contribution in [0.2, 0.25) is 0 Å². The third kappa shape index (κ3) is 4.72. The summed E-state index contributed by atoms with van der Waals surface area (Å²) in [5.41, 5.74) is 5.37. The lowest BCUT2D eigenvalue weighted by Crippen LogP contribution is -2.33. The number of para-hydroxylation sites is 1. The van der Waals surface area contributed by atoms with Gasteiger partial charge >= 0.3 is 5.97 Å². The monoisotopic (exact) mass is 272 g/mol. The summed E-state index contributed by atoms with van der Waals surface area (Å²) in [6.45, 7) is 0. The van der Waals surface area contributed by atoms with Crippen LogP contribution in [0.25, 0.3) is 0 Å². The Labute approximate surface area is 108 Å². The second kappa shape index (κ2) is 6.97.